The summed E-state index contributed by atoms with van der Waals surface area (Å²) in [6, 6.07) is 0. The molecule has 3 rings (SSSR count). The topological polar surface area (TPSA) is 31.4 Å². The maximum absolute atomic E-state index is 18.3. The molecule has 154 valence electrons. The molecule has 6 nitrogen and oxygen atoms in total. The van der Waals surface area contributed by atoms with Crippen molar-refractivity contribution in [1.82, 2.24) is 18.7 Å². The molecule has 0 aromatic rings. The van der Waals surface area contributed by atoms with Crippen LogP contribution in [0, 0.1) is 0 Å². The van der Waals surface area contributed by atoms with Gasteiger partial charge in [-0.3, -0.25) is 0 Å². The summed E-state index contributed by atoms with van der Waals surface area (Å²) in [4.78, 5) is 0. The molecule has 0 atom stereocenters. The molecule has 0 amide bonds. The molecule has 3 aliphatic heterocycles. The molecule has 0 N–H and O–H groups in total. The Morgan fingerprint density at radius 1 is 0.692 bits per heavy atom. The summed E-state index contributed by atoms with van der Waals surface area (Å²) in [5.74, 6) is 0. The number of ether oxygens (including phenoxy) is 2. The third-order valence-corrected chi connectivity index (χ3v) is 11.8. The maximum atomic E-state index is 18.3. The molecular formula is C18H38FN4O2P. The van der Waals surface area contributed by atoms with Gasteiger partial charge in [-0.15, -0.1) is 0 Å². The minimum absolute atomic E-state index is 0.557. The minimum atomic E-state index is -4.04. The van der Waals surface area contributed by atoms with E-state index in [1.165, 1.54) is 0 Å². The fourth-order valence-electron chi connectivity index (χ4n) is 5.06. The van der Waals surface area contributed by atoms with E-state index in [1.54, 1.807) is 14.2 Å². The number of hydrogen-bond donors (Lipinski definition) is 0. The zero-order valence-corrected chi connectivity index (χ0v) is 17.6. The molecule has 0 spiro atoms. The molecule has 0 aromatic heterocycles. The summed E-state index contributed by atoms with van der Waals surface area (Å²) in [5.41, 5.74) is 0. The zero-order chi connectivity index (χ0) is 18.5. The SMILES string of the molecule is COCCN(CCOC)P(F)(N1CCCC1)(N1CCCC1)N1CCCC1. The van der Waals surface area contributed by atoms with Gasteiger partial charge in [0.05, 0.1) is 0 Å². The summed E-state index contributed by atoms with van der Waals surface area (Å²) < 4.78 is 38.0. The Hall–Kier alpha value is 0.120. The quantitative estimate of drug-likeness (QED) is 0.532. The van der Waals surface area contributed by atoms with Gasteiger partial charge >= 0.3 is 158 Å². The first-order valence-corrected chi connectivity index (χ1v) is 12.3. The van der Waals surface area contributed by atoms with Crippen molar-refractivity contribution in [3.05, 3.63) is 0 Å². The molecule has 3 fully saturated rings. The summed E-state index contributed by atoms with van der Waals surface area (Å²) in [6.07, 6.45) is 6.62. The van der Waals surface area contributed by atoms with Crippen LogP contribution in [0.1, 0.15) is 38.5 Å². The van der Waals surface area contributed by atoms with E-state index in [1.807, 2.05) is 0 Å². The van der Waals surface area contributed by atoms with Crippen LogP contribution in [0.2, 0.25) is 0 Å². The van der Waals surface area contributed by atoms with E-state index in [-0.39, 0.29) is 0 Å². The second-order valence-electron chi connectivity index (χ2n) is 7.76. The molecule has 0 radical (unpaired) electrons. The van der Waals surface area contributed by atoms with Gasteiger partial charge < -0.3 is 0 Å². The van der Waals surface area contributed by atoms with E-state index in [0.29, 0.717) is 26.3 Å². The van der Waals surface area contributed by atoms with Crippen molar-refractivity contribution >= 4 is 7.52 Å². The molecule has 26 heavy (non-hydrogen) atoms. The summed E-state index contributed by atoms with van der Waals surface area (Å²) in [7, 11) is -0.619. The van der Waals surface area contributed by atoms with Crippen LogP contribution < -0.4 is 0 Å². The Kier molecular flexibility index (Phi) is 7.28. The normalized spacial score (nSPS) is 25.3. The van der Waals surface area contributed by atoms with Gasteiger partial charge in [0.1, 0.15) is 0 Å². The van der Waals surface area contributed by atoms with E-state index in [2.05, 4.69) is 18.7 Å². The van der Waals surface area contributed by atoms with Crippen LogP contribution in [0.25, 0.3) is 0 Å². The van der Waals surface area contributed by atoms with Crippen LogP contribution in [0.4, 0.5) is 4.20 Å². The van der Waals surface area contributed by atoms with Crippen LogP contribution in [0.3, 0.4) is 0 Å². The second-order valence-corrected chi connectivity index (χ2v) is 11.7. The van der Waals surface area contributed by atoms with Crippen LogP contribution in [0.15, 0.2) is 0 Å². The van der Waals surface area contributed by atoms with Gasteiger partial charge in [0.25, 0.3) is 0 Å². The first kappa shape index (κ1) is 20.8. The van der Waals surface area contributed by atoms with Crippen LogP contribution in [0.5, 0.6) is 0 Å². The van der Waals surface area contributed by atoms with Gasteiger partial charge in [0.2, 0.25) is 0 Å². The van der Waals surface area contributed by atoms with Gasteiger partial charge in [-0.2, -0.15) is 0 Å². The van der Waals surface area contributed by atoms with Gasteiger partial charge in [-0.1, -0.05) is 0 Å². The first-order chi connectivity index (χ1) is 12.7. The predicted octanol–water partition coefficient (Wildman–Crippen LogP) is 2.97. The van der Waals surface area contributed by atoms with Crippen molar-refractivity contribution in [2.24, 2.45) is 0 Å². The van der Waals surface area contributed by atoms with E-state index < -0.39 is 7.52 Å². The van der Waals surface area contributed by atoms with Crippen molar-refractivity contribution in [2.45, 2.75) is 38.5 Å². The second kappa shape index (κ2) is 9.08. The molecule has 3 aliphatic rings. The molecule has 8 heteroatoms. The monoisotopic (exact) mass is 392 g/mol. The van der Waals surface area contributed by atoms with E-state index >= 15 is 4.20 Å². The molecule has 0 unspecified atom stereocenters. The van der Waals surface area contributed by atoms with Crippen LogP contribution in [-0.2, 0) is 9.47 Å². The van der Waals surface area contributed by atoms with E-state index in [4.69, 9.17) is 9.47 Å². The Morgan fingerprint density at radius 2 is 1.00 bits per heavy atom. The fraction of sp³-hybridized carbons (Fsp3) is 1.00. The van der Waals surface area contributed by atoms with Crippen LogP contribution in [-0.4, -0.2) is 98.5 Å². The van der Waals surface area contributed by atoms with Crippen molar-refractivity contribution in [3.8, 4) is 0 Å². The molecule has 0 saturated carbocycles. The number of nitrogens with zero attached hydrogens (tertiary/aromatic N) is 4. The third kappa shape index (κ3) is 3.45. The Balaban J connectivity index is 2.06. The van der Waals surface area contributed by atoms with Gasteiger partial charge in [0.15, 0.2) is 0 Å². The number of methoxy groups -OCH3 is 2. The molecule has 0 aromatic carbocycles. The van der Waals surface area contributed by atoms with Crippen LogP contribution >= 0.6 is 7.52 Å². The first-order valence-electron chi connectivity index (χ1n) is 10.4. The van der Waals surface area contributed by atoms with Crippen molar-refractivity contribution in [1.29, 1.82) is 0 Å². The predicted molar refractivity (Wildman–Crippen MR) is 106 cm³/mol. The summed E-state index contributed by atoms with van der Waals surface area (Å²) >= 11 is 0. The van der Waals surface area contributed by atoms with Crippen molar-refractivity contribution < 1.29 is 13.7 Å². The number of hydrogen-bond acceptors (Lipinski definition) is 6. The molecule has 0 aliphatic carbocycles. The van der Waals surface area contributed by atoms with Gasteiger partial charge in [-0.25, -0.2) is 0 Å². The average molecular weight is 393 g/mol. The molecule has 0 bridgehead atoms. The van der Waals surface area contributed by atoms with E-state index in [9.17, 15) is 0 Å². The van der Waals surface area contributed by atoms with Gasteiger partial charge in [0, 0.05) is 0 Å². The summed E-state index contributed by atoms with van der Waals surface area (Å²) in [5, 5.41) is 0. The fourth-order valence-corrected chi connectivity index (χ4v) is 11.0. The van der Waals surface area contributed by atoms with Crippen molar-refractivity contribution in [2.75, 3.05) is 79.8 Å². The average Bonchev–Trinajstić information content (AvgIpc) is 3.44. The third-order valence-electron chi connectivity index (χ3n) is 6.30. The Morgan fingerprint density at radius 3 is 1.27 bits per heavy atom. The standard InChI is InChI=1S/C18H38FN4O2P/c1-24-17-15-23(16-18-25-2)26(19,20-9-3-4-10-20,21-11-5-6-12-21)22-13-7-8-14-22/h3-18H2,1-2H3. The Bertz CT molecular complexity index is 389. The molecule has 3 heterocycles. The van der Waals surface area contributed by atoms with E-state index in [0.717, 1.165) is 77.8 Å². The Labute approximate surface area is 158 Å². The number of rotatable bonds is 10. The zero-order valence-electron chi connectivity index (χ0n) is 16.7. The molecular weight excluding hydrogens is 354 g/mol. The summed E-state index contributed by atoms with van der Waals surface area (Å²) in [6.45, 7) is 7.60. The molecule has 3 saturated heterocycles. The number of halogens is 1. The van der Waals surface area contributed by atoms with Crippen molar-refractivity contribution in [3.63, 3.8) is 0 Å². The van der Waals surface area contributed by atoms with Gasteiger partial charge in [-0.05, 0) is 0 Å².